The molecule has 2 heterocycles. The second-order valence-electron chi connectivity index (χ2n) is 9.83. The second-order valence-corrected chi connectivity index (χ2v) is 9.83. The predicted molar refractivity (Wildman–Crippen MR) is 145 cm³/mol. The van der Waals surface area contributed by atoms with Crippen LogP contribution in [0.4, 0.5) is 5.69 Å². The molecule has 0 spiro atoms. The van der Waals surface area contributed by atoms with Crippen LogP contribution >= 0.6 is 0 Å². The second kappa shape index (κ2) is 10.5. The van der Waals surface area contributed by atoms with E-state index in [4.69, 9.17) is 0 Å². The van der Waals surface area contributed by atoms with Gasteiger partial charge in [0.15, 0.2) is 0 Å². The molecular formula is C29H35N5O. The lowest BCUT2D eigenvalue weighted by molar-refractivity contribution is 0.180. The van der Waals surface area contributed by atoms with E-state index in [0.29, 0.717) is 0 Å². The van der Waals surface area contributed by atoms with E-state index in [1.165, 1.54) is 16.7 Å². The van der Waals surface area contributed by atoms with E-state index >= 15 is 0 Å². The van der Waals surface area contributed by atoms with Crippen LogP contribution in [0.5, 0.6) is 0 Å². The zero-order valence-corrected chi connectivity index (χ0v) is 20.7. The van der Waals surface area contributed by atoms with Crippen molar-refractivity contribution in [2.75, 3.05) is 45.6 Å². The fourth-order valence-corrected chi connectivity index (χ4v) is 5.07. The van der Waals surface area contributed by atoms with E-state index in [-0.39, 0.29) is 11.7 Å². The first-order valence-electron chi connectivity index (χ1n) is 12.6. The monoisotopic (exact) mass is 469 g/mol. The molecule has 182 valence electrons. The highest BCUT2D eigenvalue weighted by molar-refractivity contribution is 5.75. The molecule has 1 aliphatic heterocycles. The van der Waals surface area contributed by atoms with Crippen molar-refractivity contribution < 1.29 is 0 Å². The standard InChI is InChI=1S/C29H35N5O/c1-32(2)19-16-30-25-7-5-6-24(20-25)23-12-10-22(11-13-23)21-33-17-14-26(15-18-33)34-28-9-4-3-8-27(28)31-29(34)35/h3-13,20,26,30H,14-19,21H2,1-2H3,(H,31,35). The van der Waals surface area contributed by atoms with Gasteiger partial charge in [0.2, 0.25) is 0 Å². The number of piperidine rings is 1. The van der Waals surface area contributed by atoms with Crippen LogP contribution in [-0.2, 0) is 6.54 Å². The van der Waals surface area contributed by atoms with Crippen molar-refractivity contribution in [1.29, 1.82) is 0 Å². The summed E-state index contributed by atoms with van der Waals surface area (Å²) >= 11 is 0. The maximum Gasteiger partial charge on any atom is 0.326 e. The van der Waals surface area contributed by atoms with E-state index < -0.39 is 0 Å². The topological polar surface area (TPSA) is 56.3 Å². The molecule has 0 saturated carbocycles. The average molecular weight is 470 g/mol. The number of rotatable bonds is 8. The first-order chi connectivity index (χ1) is 17.1. The van der Waals surface area contributed by atoms with Crippen LogP contribution < -0.4 is 11.0 Å². The van der Waals surface area contributed by atoms with Gasteiger partial charge in [0.1, 0.15) is 0 Å². The van der Waals surface area contributed by atoms with Crippen molar-refractivity contribution >= 4 is 16.7 Å². The van der Waals surface area contributed by atoms with Gasteiger partial charge in [0, 0.05) is 44.5 Å². The highest BCUT2D eigenvalue weighted by atomic mass is 16.1. The molecule has 35 heavy (non-hydrogen) atoms. The summed E-state index contributed by atoms with van der Waals surface area (Å²) < 4.78 is 1.96. The Morgan fingerprint density at radius 2 is 1.71 bits per heavy atom. The molecule has 1 saturated heterocycles. The quantitative estimate of drug-likeness (QED) is 0.389. The molecule has 4 aromatic rings. The van der Waals surface area contributed by atoms with Crippen molar-refractivity contribution in [3.05, 3.63) is 88.8 Å². The van der Waals surface area contributed by atoms with Crippen molar-refractivity contribution in [3.63, 3.8) is 0 Å². The Bertz CT molecular complexity index is 1310. The van der Waals surface area contributed by atoms with Crippen LogP contribution in [-0.4, -0.2) is 59.6 Å². The lowest BCUT2D eigenvalue weighted by Gasteiger charge is -2.32. The third-order valence-electron chi connectivity index (χ3n) is 6.99. The number of anilines is 1. The van der Waals surface area contributed by atoms with Crippen LogP contribution in [0.25, 0.3) is 22.2 Å². The van der Waals surface area contributed by atoms with E-state index in [9.17, 15) is 4.79 Å². The van der Waals surface area contributed by atoms with Gasteiger partial charge >= 0.3 is 5.69 Å². The summed E-state index contributed by atoms with van der Waals surface area (Å²) in [5.74, 6) is 0. The smallest absolute Gasteiger partial charge is 0.326 e. The number of nitrogens with one attached hydrogen (secondary N) is 2. The van der Waals surface area contributed by atoms with Crippen LogP contribution in [0.15, 0.2) is 77.6 Å². The summed E-state index contributed by atoms with van der Waals surface area (Å²) in [6.45, 7) is 4.88. The molecule has 6 nitrogen and oxygen atoms in total. The Morgan fingerprint density at radius 3 is 2.49 bits per heavy atom. The minimum absolute atomic E-state index is 0.0113. The predicted octanol–water partition coefficient (Wildman–Crippen LogP) is 4.81. The fraction of sp³-hybridized carbons (Fsp3) is 0.345. The Hall–Kier alpha value is -3.35. The number of imidazole rings is 1. The van der Waals surface area contributed by atoms with Crippen LogP contribution in [0.1, 0.15) is 24.4 Å². The molecule has 0 unspecified atom stereocenters. The molecule has 1 aromatic heterocycles. The summed E-state index contributed by atoms with van der Waals surface area (Å²) in [4.78, 5) is 20.2. The Labute approximate surface area is 207 Å². The molecule has 1 fully saturated rings. The summed E-state index contributed by atoms with van der Waals surface area (Å²) in [5, 5.41) is 3.51. The number of H-pyrrole nitrogens is 1. The SMILES string of the molecule is CN(C)CCNc1cccc(-c2ccc(CN3CCC(n4c(=O)[nH]c5ccccc54)CC3)cc2)c1. The Morgan fingerprint density at radius 1 is 0.943 bits per heavy atom. The molecular weight excluding hydrogens is 434 g/mol. The third-order valence-corrected chi connectivity index (χ3v) is 6.99. The van der Waals surface area contributed by atoms with E-state index in [2.05, 4.69) is 82.7 Å². The van der Waals surface area contributed by atoms with Crippen molar-refractivity contribution in [2.45, 2.75) is 25.4 Å². The van der Waals surface area contributed by atoms with Crippen LogP contribution in [0, 0.1) is 0 Å². The van der Waals surface area contributed by atoms with Gasteiger partial charge in [-0.3, -0.25) is 9.47 Å². The minimum atomic E-state index is 0.0113. The molecule has 0 amide bonds. The van der Waals surface area contributed by atoms with E-state index in [1.54, 1.807) is 0 Å². The molecule has 6 heteroatoms. The zero-order chi connectivity index (χ0) is 24.2. The Balaban J connectivity index is 1.18. The van der Waals surface area contributed by atoms with Gasteiger partial charge in [-0.25, -0.2) is 4.79 Å². The molecule has 0 radical (unpaired) electrons. The molecule has 5 rings (SSSR count). The zero-order valence-electron chi connectivity index (χ0n) is 20.7. The van der Waals surface area contributed by atoms with Gasteiger partial charge in [-0.05, 0) is 67.9 Å². The Kier molecular flexibility index (Phi) is 7.02. The summed E-state index contributed by atoms with van der Waals surface area (Å²) in [5.41, 5.74) is 6.91. The number of likely N-dealkylation sites (N-methyl/N-ethyl adjacent to an activating group) is 1. The van der Waals surface area contributed by atoms with Gasteiger partial charge in [0.05, 0.1) is 11.0 Å². The number of fused-ring (bicyclic) bond motifs is 1. The number of benzene rings is 3. The minimum Gasteiger partial charge on any atom is -0.384 e. The van der Waals surface area contributed by atoms with Gasteiger partial charge < -0.3 is 15.2 Å². The first-order valence-corrected chi connectivity index (χ1v) is 12.6. The van der Waals surface area contributed by atoms with E-state index in [0.717, 1.165) is 62.3 Å². The molecule has 0 aliphatic carbocycles. The number of likely N-dealkylation sites (tertiary alicyclic amines) is 1. The maximum atomic E-state index is 12.5. The maximum absolute atomic E-state index is 12.5. The molecule has 0 bridgehead atoms. The van der Waals surface area contributed by atoms with Crippen molar-refractivity contribution in [3.8, 4) is 11.1 Å². The molecule has 2 N–H and O–H groups in total. The van der Waals surface area contributed by atoms with Crippen molar-refractivity contribution in [1.82, 2.24) is 19.4 Å². The number of aromatic nitrogens is 2. The lowest BCUT2D eigenvalue weighted by Crippen LogP contribution is -2.36. The van der Waals surface area contributed by atoms with Gasteiger partial charge in [-0.1, -0.05) is 48.5 Å². The highest BCUT2D eigenvalue weighted by Gasteiger charge is 2.23. The largest absolute Gasteiger partial charge is 0.384 e. The normalized spacial score (nSPS) is 15.2. The highest BCUT2D eigenvalue weighted by Crippen LogP contribution is 2.27. The van der Waals surface area contributed by atoms with Gasteiger partial charge in [0.25, 0.3) is 0 Å². The van der Waals surface area contributed by atoms with Crippen LogP contribution in [0.3, 0.4) is 0 Å². The van der Waals surface area contributed by atoms with Gasteiger partial charge in [-0.2, -0.15) is 0 Å². The van der Waals surface area contributed by atoms with E-state index in [1.807, 2.05) is 28.8 Å². The fourth-order valence-electron chi connectivity index (χ4n) is 5.07. The number of aromatic amines is 1. The number of para-hydroxylation sites is 2. The number of nitrogens with zero attached hydrogens (tertiary/aromatic N) is 3. The molecule has 0 atom stereocenters. The summed E-state index contributed by atoms with van der Waals surface area (Å²) in [7, 11) is 4.18. The first kappa shape index (κ1) is 23.4. The summed E-state index contributed by atoms with van der Waals surface area (Å²) in [6.07, 6.45) is 1.99. The molecule has 3 aromatic carbocycles. The summed E-state index contributed by atoms with van der Waals surface area (Å²) in [6, 6.07) is 25.8. The molecule has 1 aliphatic rings. The number of hydrogen-bond acceptors (Lipinski definition) is 4. The lowest BCUT2D eigenvalue weighted by atomic mass is 10.0. The van der Waals surface area contributed by atoms with Crippen LogP contribution in [0.2, 0.25) is 0 Å². The van der Waals surface area contributed by atoms with Crippen molar-refractivity contribution in [2.24, 2.45) is 0 Å². The van der Waals surface area contributed by atoms with Gasteiger partial charge in [-0.15, -0.1) is 0 Å². The third kappa shape index (κ3) is 5.50. The number of hydrogen-bond donors (Lipinski definition) is 2. The average Bonchev–Trinajstić information content (AvgIpc) is 3.21.